The van der Waals surface area contributed by atoms with E-state index in [1.807, 2.05) is 4.90 Å². The molecule has 1 saturated heterocycles. The van der Waals surface area contributed by atoms with Crippen LogP contribution in [0.1, 0.15) is 16.1 Å². The molecule has 3 rings (SSSR count). The summed E-state index contributed by atoms with van der Waals surface area (Å²) in [5.74, 6) is -0.705. The predicted molar refractivity (Wildman–Crippen MR) is 83.6 cm³/mol. The Labute approximate surface area is 138 Å². The molecule has 1 aliphatic heterocycles. The zero-order valence-electron chi connectivity index (χ0n) is 12.9. The number of halogens is 1. The summed E-state index contributed by atoms with van der Waals surface area (Å²) >= 11 is 0. The van der Waals surface area contributed by atoms with Crippen molar-refractivity contribution in [1.29, 1.82) is 0 Å². The van der Waals surface area contributed by atoms with E-state index in [0.29, 0.717) is 6.54 Å². The molecule has 0 unspecified atom stereocenters. The molecule has 24 heavy (non-hydrogen) atoms. The van der Waals surface area contributed by atoms with Gasteiger partial charge < -0.3 is 15.5 Å². The lowest BCUT2D eigenvalue weighted by molar-refractivity contribution is -0.0377. The van der Waals surface area contributed by atoms with Gasteiger partial charge in [0.05, 0.1) is 12.6 Å². The monoisotopic (exact) mass is 334 g/mol. The molecule has 0 radical (unpaired) electrons. The van der Waals surface area contributed by atoms with Gasteiger partial charge >= 0.3 is 0 Å². The van der Waals surface area contributed by atoms with Crippen molar-refractivity contribution in [2.75, 3.05) is 19.6 Å². The Balaban J connectivity index is 1.57. The molecule has 1 amide bonds. The fraction of sp³-hybridized carbons (Fsp3) is 0.375. The summed E-state index contributed by atoms with van der Waals surface area (Å²) in [7, 11) is 0. The molecule has 2 heterocycles. The summed E-state index contributed by atoms with van der Waals surface area (Å²) in [6, 6.07) is 7.60. The molecule has 4 N–H and O–H groups in total. The number of likely N-dealkylation sites (tertiary alicyclic amines) is 1. The van der Waals surface area contributed by atoms with E-state index in [0.717, 1.165) is 5.56 Å². The minimum Gasteiger partial charge on any atom is -0.389 e. The topological polar surface area (TPSA) is 101 Å². The van der Waals surface area contributed by atoms with Gasteiger partial charge in [-0.15, -0.1) is 0 Å². The number of aromatic nitrogens is 2. The van der Waals surface area contributed by atoms with Crippen LogP contribution in [0.2, 0.25) is 0 Å². The third-order valence-corrected chi connectivity index (χ3v) is 4.17. The van der Waals surface area contributed by atoms with Crippen LogP contribution in [-0.2, 0) is 6.54 Å². The van der Waals surface area contributed by atoms with Crippen LogP contribution < -0.4 is 5.32 Å². The van der Waals surface area contributed by atoms with Crippen molar-refractivity contribution in [3.63, 3.8) is 0 Å². The first-order valence-corrected chi connectivity index (χ1v) is 7.61. The number of carbonyl (C=O) groups excluding carboxylic acids is 1. The maximum atomic E-state index is 12.9. The molecule has 0 bridgehead atoms. The smallest absolute Gasteiger partial charge is 0.269 e. The van der Waals surface area contributed by atoms with Gasteiger partial charge in [-0.3, -0.25) is 14.8 Å². The lowest BCUT2D eigenvalue weighted by Crippen LogP contribution is -2.51. The van der Waals surface area contributed by atoms with E-state index < -0.39 is 17.6 Å². The molecule has 2 atom stereocenters. The van der Waals surface area contributed by atoms with Gasteiger partial charge in [0.25, 0.3) is 5.91 Å². The van der Waals surface area contributed by atoms with Crippen molar-refractivity contribution < 1.29 is 19.4 Å². The van der Waals surface area contributed by atoms with Gasteiger partial charge in [0, 0.05) is 25.8 Å². The summed E-state index contributed by atoms with van der Waals surface area (Å²) < 4.78 is 12.9. The minimum absolute atomic E-state index is 0.0774. The van der Waals surface area contributed by atoms with Gasteiger partial charge in [0.1, 0.15) is 17.1 Å². The van der Waals surface area contributed by atoms with Crippen LogP contribution in [0.3, 0.4) is 0 Å². The highest BCUT2D eigenvalue weighted by Crippen LogP contribution is 2.23. The van der Waals surface area contributed by atoms with Crippen molar-refractivity contribution in [2.24, 2.45) is 0 Å². The minimum atomic E-state index is -1.43. The molecule has 0 saturated carbocycles. The molecular weight excluding hydrogens is 315 g/mol. The number of hydrogen-bond donors (Lipinski definition) is 4. The molecule has 0 spiro atoms. The number of aromatic amines is 1. The van der Waals surface area contributed by atoms with Crippen molar-refractivity contribution in [1.82, 2.24) is 20.4 Å². The highest BCUT2D eigenvalue weighted by atomic mass is 19.1. The van der Waals surface area contributed by atoms with E-state index in [9.17, 15) is 19.4 Å². The second-order valence-corrected chi connectivity index (χ2v) is 6.07. The van der Waals surface area contributed by atoms with Crippen LogP contribution in [0, 0.1) is 5.82 Å². The second kappa shape index (κ2) is 6.68. The Morgan fingerprint density at radius 1 is 1.42 bits per heavy atom. The standard InChI is InChI=1S/C16H19FN4O3/c17-12-3-1-11(2-4-12)7-21-8-14(22)16(24,10-21)9-18-15(23)13-5-6-19-20-13/h1-6,14,22,24H,7-10H2,(H,18,23)(H,19,20)/t14-,16+/m1/s1. The van der Waals surface area contributed by atoms with E-state index in [1.165, 1.54) is 24.4 Å². The molecule has 8 heteroatoms. The number of nitrogens with one attached hydrogen (secondary N) is 2. The first-order chi connectivity index (χ1) is 11.5. The Kier molecular flexibility index (Phi) is 4.61. The Bertz CT molecular complexity index is 692. The third kappa shape index (κ3) is 3.61. The number of amides is 1. The Morgan fingerprint density at radius 3 is 2.83 bits per heavy atom. The highest BCUT2D eigenvalue weighted by molar-refractivity contribution is 5.92. The first-order valence-electron chi connectivity index (χ1n) is 7.61. The van der Waals surface area contributed by atoms with Crippen LogP contribution in [-0.4, -0.2) is 62.6 Å². The summed E-state index contributed by atoms with van der Waals surface area (Å²) in [5.41, 5.74) is -0.265. The molecule has 1 aromatic carbocycles. The number of aliphatic hydroxyl groups excluding tert-OH is 1. The Hall–Kier alpha value is -2.29. The van der Waals surface area contributed by atoms with Gasteiger partial charge in [-0.25, -0.2) is 4.39 Å². The summed E-state index contributed by atoms with van der Waals surface area (Å²) in [6.45, 7) is 0.878. The average molecular weight is 334 g/mol. The molecular formula is C16H19FN4O3. The van der Waals surface area contributed by atoms with E-state index >= 15 is 0 Å². The summed E-state index contributed by atoms with van der Waals surface area (Å²) in [4.78, 5) is 13.8. The van der Waals surface area contributed by atoms with Gasteiger partial charge in [-0.2, -0.15) is 5.10 Å². The quantitative estimate of drug-likeness (QED) is 0.611. The zero-order valence-corrected chi connectivity index (χ0v) is 12.9. The van der Waals surface area contributed by atoms with Gasteiger partial charge in [0.2, 0.25) is 0 Å². The third-order valence-electron chi connectivity index (χ3n) is 4.17. The number of benzene rings is 1. The number of H-pyrrole nitrogens is 1. The van der Waals surface area contributed by atoms with E-state index in [4.69, 9.17) is 0 Å². The Morgan fingerprint density at radius 2 is 2.17 bits per heavy atom. The molecule has 2 aromatic rings. The predicted octanol–water partition coefficient (Wildman–Crippen LogP) is -0.114. The number of rotatable bonds is 5. The average Bonchev–Trinajstić information content (AvgIpc) is 3.17. The van der Waals surface area contributed by atoms with Crippen LogP contribution in [0.15, 0.2) is 36.5 Å². The molecule has 1 aromatic heterocycles. The molecule has 0 aliphatic carbocycles. The largest absolute Gasteiger partial charge is 0.389 e. The summed E-state index contributed by atoms with van der Waals surface area (Å²) in [6.07, 6.45) is 0.471. The number of β-amino-alcohol motifs (C(OH)–C–C–N with tert-alkyl or cyclic N) is 2. The number of carbonyl (C=O) groups is 1. The molecule has 1 fully saturated rings. The summed E-state index contributed by atoms with van der Waals surface area (Å²) in [5, 5.41) is 29.6. The van der Waals surface area contributed by atoms with E-state index in [2.05, 4.69) is 15.5 Å². The SMILES string of the molecule is O=C(NC[C@]1(O)CN(Cc2ccc(F)cc2)C[C@H]1O)c1ccn[nH]1. The molecule has 7 nitrogen and oxygen atoms in total. The van der Waals surface area contributed by atoms with E-state index in [1.54, 1.807) is 12.1 Å². The lowest BCUT2D eigenvalue weighted by Gasteiger charge is -2.26. The normalized spacial score (nSPS) is 24.2. The fourth-order valence-corrected chi connectivity index (χ4v) is 2.82. The first kappa shape index (κ1) is 16.6. The van der Waals surface area contributed by atoms with Crippen molar-refractivity contribution in [2.45, 2.75) is 18.2 Å². The van der Waals surface area contributed by atoms with Crippen LogP contribution >= 0.6 is 0 Å². The lowest BCUT2D eigenvalue weighted by atomic mass is 10.0. The maximum Gasteiger partial charge on any atom is 0.269 e. The van der Waals surface area contributed by atoms with Gasteiger partial charge in [-0.05, 0) is 23.8 Å². The zero-order chi connectivity index (χ0) is 17.2. The number of nitrogens with zero attached hydrogens (tertiary/aromatic N) is 2. The fourth-order valence-electron chi connectivity index (χ4n) is 2.82. The maximum absolute atomic E-state index is 12.9. The molecule has 128 valence electrons. The van der Waals surface area contributed by atoms with E-state index in [-0.39, 0.29) is 31.1 Å². The van der Waals surface area contributed by atoms with Crippen molar-refractivity contribution in [3.8, 4) is 0 Å². The second-order valence-electron chi connectivity index (χ2n) is 6.07. The highest BCUT2D eigenvalue weighted by Gasteiger charge is 2.44. The van der Waals surface area contributed by atoms with Gasteiger partial charge in [-0.1, -0.05) is 12.1 Å². The van der Waals surface area contributed by atoms with Crippen LogP contribution in [0.4, 0.5) is 4.39 Å². The van der Waals surface area contributed by atoms with Crippen molar-refractivity contribution in [3.05, 3.63) is 53.6 Å². The van der Waals surface area contributed by atoms with Gasteiger partial charge in [0.15, 0.2) is 0 Å². The number of hydrogen-bond acceptors (Lipinski definition) is 5. The van der Waals surface area contributed by atoms with Crippen molar-refractivity contribution >= 4 is 5.91 Å². The number of aliphatic hydroxyl groups is 2. The molecule has 1 aliphatic rings. The van der Waals surface area contributed by atoms with Crippen LogP contribution in [0.25, 0.3) is 0 Å². The van der Waals surface area contributed by atoms with Crippen LogP contribution in [0.5, 0.6) is 0 Å².